The Morgan fingerprint density at radius 1 is 0.833 bits per heavy atom. The second-order valence-corrected chi connectivity index (χ2v) is 13.3. The SMILES string of the molecule is CC(C)(C)OC(=O)C[C@H](NC(=O)CNC(=O)CC1(c2ccc(C#N)cc2)OCCO1)C(=O)N[C@@H](Cc1ccccc1)C(=O)OC(C)(C)C. The summed E-state index contributed by atoms with van der Waals surface area (Å²) in [4.78, 5) is 65.5. The van der Waals surface area contributed by atoms with Gasteiger partial charge in [0.25, 0.3) is 0 Å². The monoisotopic (exact) mass is 664 g/mol. The third-order valence-electron chi connectivity index (χ3n) is 6.78. The topological polar surface area (TPSA) is 182 Å². The van der Waals surface area contributed by atoms with Crippen LogP contribution in [-0.4, -0.2) is 72.7 Å². The lowest BCUT2D eigenvalue weighted by Gasteiger charge is -2.27. The molecule has 1 saturated heterocycles. The zero-order valence-electron chi connectivity index (χ0n) is 28.2. The Morgan fingerprint density at radius 3 is 2.00 bits per heavy atom. The van der Waals surface area contributed by atoms with E-state index in [1.54, 1.807) is 90.1 Å². The number of nitriles is 1. The van der Waals surface area contributed by atoms with Gasteiger partial charge in [0.05, 0.1) is 44.2 Å². The predicted octanol–water partition coefficient (Wildman–Crippen LogP) is 2.55. The van der Waals surface area contributed by atoms with Crippen LogP contribution in [0.4, 0.5) is 0 Å². The summed E-state index contributed by atoms with van der Waals surface area (Å²) in [7, 11) is 0. The van der Waals surface area contributed by atoms with Gasteiger partial charge >= 0.3 is 11.9 Å². The Morgan fingerprint density at radius 2 is 1.44 bits per heavy atom. The molecule has 0 bridgehead atoms. The summed E-state index contributed by atoms with van der Waals surface area (Å²) in [5.74, 6) is -5.03. The third kappa shape index (κ3) is 12.1. The highest BCUT2D eigenvalue weighted by Crippen LogP contribution is 2.35. The summed E-state index contributed by atoms with van der Waals surface area (Å²) in [5, 5.41) is 16.7. The van der Waals surface area contributed by atoms with E-state index in [4.69, 9.17) is 24.2 Å². The molecular weight excluding hydrogens is 620 g/mol. The molecule has 3 N–H and O–H groups in total. The van der Waals surface area contributed by atoms with Crippen molar-refractivity contribution in [3.05, 3.63) is 71.3 Å². The first kappa shape index (κ1) is 37.7. The molecule has 1 aliphatic heterocycles. The Hall–Kier alpha value is -4.80. The zero-order chi connectivity index (χ0) is 35.5. The Balaban J connectivity index is 1.72. The molecule has 0 unspecified atom stereocenters. The van der Waals surface area contributed by atoms with Crippen molar-refractivity contribution in [1.29, 1.82) is 5.26 Å². The number of esters is 2. The Labute approximate surface area is 280 Å². The fraction of sp³-hybridized carbons (Fsp3) is 0.486. The second-order valence-electron chi connectivity index (χ2n) is 13.3. The molecule has 2 atom stereocenters. The van der Waals surface area contributed by atoms with E-state index in [9.17, 15) is 24.0 Å². The van der Waals surface area contributed by atoms with Crippen molar-refractivity contribution in [2.24, 2.45) is 0 Å². The minimum atomic E-state index is -1.45. The molecule has 0 aliphatic carbocycles. The number of benzene rings is 2. The summed E-state index contributed by atoms with van der Waals surface area (Å²) < 4.78 is 22.5. The largest absolute Gasteiger partial charge is 0.460 e. The number of hydrogen-bond acceptors (Lipinski definition) is 10. The van der Waals surface area contributed by atoms with Crippen LogP contribution < -0.4 is 16.0 Å². The first-order valence-electron chi connectivity index (χ1n) is 15.6. The van der Waals surface area contributed by atoms with Gasteiger partial charge in [-0.05, 0) is 59.2 Å². The molecule has 0 aromatic heterocycles. The predicted molar refractivity (Wildman–Crippen MR) is 173 cm³/mol. The van der Waals surface area contributed by atoms with Crippen molar-refractivity contribution in [2.75, 3.05) is 19.8 Å². The van der Waals surface area contributed by atoms with E-state index in [2.05, 4.69) is 16.0 Å². The maximum atomic E-state index is 13.6. The standard InChI is InChI=1S/C35H44N4O9/c1-33(2,3)47-30(42)19-26(31(43)39-27(32(44)48-34(4,5)6)18-23-10-8-7-9-11-23)38-29(41)22-37-28(40)20-35(45-16-17-46-35)25-14-12-24(21-36)13-15-25/h7-15,26-27H,16-20,22H2,1-6H3,(H,37,40)(H,38,41)(H,39,43)/t26-,27-/m0/s1. The smallest absolute Gasteiger partial charge is 0.329 e. The summed E-state index contributed by atoms with van der Waals surface area (Å²) in [6, 6.07) is 14.8. The van der Waals surface area contributed by atoms with Gasteiger partial charge < -0.3 is 34.9 Å². The molecule has 258 valence electrons. The average molecular weight is 665 g/mol. The van der Waals surface area contributed by atoms with Crippen LogP contribution in [0.25, 0.3) is 0 Å². The molecule has 2 aromatic rings. The van der Waals surface area contributed by atoms with Gasteiger partial charge in [-0.15, -0.1) is 0 Å². The maximum absolute atomic E-state index is 13.6. The minimum Gasteiger partial charge on any atom is -0.460 e. The fourth-order valence-corrected chi connectivity index (χ4v) is 4.77. The van der Waals surface area contributed by atoms with E-state index in [0.29, 0.717) is 11.1 Å². The zero-order valence-corrected chi connectivity index (χ0v) is 28.2. The average Bonchev–Trinajstić information content (AvgIpc) is 3.47. The number of amides is 3. The van der Waals surface area contributed by atoms with Gasteiger partial charge in [0, 0.05) is 12.0 Å². The van der Waals surface area contributed by atoms with E-state index in [1.807, 2.05) is 12.1 Å². The van der Waals surface area contributed by atoms with Crippen molar-refractivity contribution in [3.8, 4) is 6.07 Å². The quantitative estimate of drug-likeness (QED) is 0.269. The summed E-state index contributed by atoms with van der Waals surface area (Å²) in [6.45, 7) is 10.0. The van der Waals surface area contributed by atoms with Gasteiger partial charge in [0.2, 0.25) is 23.5 Å². The van der Waals surface area contributed by atoms with Crippen molar-refractivity contribution in [2.45, 2.75) is 89.9 Å². The lowest BCUT2D eigenvalue weighted by Crippen LogP contribution is -2.55. The van der Waals surface area contributed by atoms with Gasteiger partial charge in [-0.1, -0.05) is 42.5 Å². The molecule has 1 heterocycles. The van der Waals surface area contributed by atoms with Gasteiger partial charge in [0.1, 0.15) is 23.3 Å². The first-order chi connectivity index (χ1) is 22.5. The van der Waals surface area contributed by atoms with Crippen LogP contribution in [0.1, 0.15) is 71.1 Å². The highest BCUT2D eigenvalue weighted by molar-refractivity contribution is 5.94. The Bertz CT molecular complexity index is 1480. The normalized spacial score (nSPS) is 15.3. The molecule has 0 spiro atoms. The molecule has 3 amide bonds. The molecular formula is C35H44N4O9. The summed E-state index contributed by atoms with van der Waals surface area (Å²) in [5.41, 5.74) is 0.000606. The van der Waals surface area contributed by atoms with Gasteiger partial charge in [0.15, 0.2) is 0 Å². The third-order valence-corrected chi connectivity index (χ3v) is 6.78. The highest BCUT2D eigenvalue weighted by Gasteiger charge is 2.41. The van der Waals surface area contributed by atoms with Crippen LogP contribution in [0.15, 0.2) is 54.6 Å². The molecule has 0 saturated carbocycles. The number of rotatable bonds is 13. The lowest BCUT2D eigenvalue weighted by atomic mass is 10.0. The van der Waals surface area contributed by atoms with Gasteiger partial charge in [-0.3, -0.25) is 19.2 Å². The van der Waals surface area contributed by atoms with Gasteiger partial charge in [-0.25, -0.2) is 4.79 Å². The maximum Gasteiger partial charge on any atom is 0.329 e. The second kappa shape index (κ2) is 16.3. The van der Waals surface area contributed by atoms with Crippen LogP contribution in [-0.2, 0) is 55.1 Å². The number of carbonyl (C=O) groups is 5. The van der Waals surface area contributed by atoms with Crippen molar-refractivity contribution < 1.29 is 42.9 Å². The lowest BCUT2D eigenvalue weighted by molar-refractivity contribution is -0.177. The van der Waals surface area contributed by atoms with Crippen molar-refractivity contribution >= 4 is 29.7 Å². The van der Waals surface area contributed by atoms with Crippen LogP contribution in [0, 0.1) is 11.3 Å². The molecule has 48 heavy (non-hydrogen) atoms. The van der Waals surface area contributed by atoms with Crippen LogP contribution >= 0.6 is 0 Å². The molecule has 3 rings (SSSR count). The first-order valence-corrected chi connectivity index (χ1v) is 15.6. The van der Waals surface area contributed by atoms with Crippen LogP contribution in [0.5, 0.6) is 0 Å². The number of carbonyl (C=O) groups excluding carboxylic acids is 5. The summed E-state index contributed by atoms with van der Waals surface area (Å²) >= 11 is 0. The van der Waals surface area contributed by atoms with E-state index in [-0.39, 0.29) is 26.1 Å². The van der Waals surface area contributed by atoms with Crippen LogP contribution in [0.3, 0.4) is 0 Å². The molecule has 2 aromatic carbocycles. The molecule has 13 nitrogen and oxygen atoms in total. The van der Waals surface area contributed by atoms with Crippen molar-refractivity contribution in [3.63, 3.8) is 0 Å². The van der Waals surface area contributed by atoms with E-state index in [1.165, 1.54) is 0 Å². The summed E-state index contributed by atoms with van der Waals surface area (Å²) in [6.07, 6.45) is -0.737. The molecule has 1 aliphatic rings. The number of hydrogen-bond donors (Lipinski definition) is 3. The van der Waals surface area contributed by atoms with E-state index >= 15 is 0 Å². The van der Waals surface area contributed by atoms with Crippen LogP contribution in [0.2, 0.25) is 0 Å². The number of nitrogens with zero attached hydrogens (tertiary/aromatic N) is 1. The molecule has 1 fully saturated rings. The van der Waals surface area contributed by atoms with E-state index < -0.39 is 71.7 Å². The Kier molecular flexibility index (Phi) is 12.8. The molecule has 13 heteroatoms. The number of nitrogens with one attached hydrogen (secondary N) is 3. The minimum absolute atomic E-state index is 0.0930. The van der Waals surface area contributed by atoms with Crippen molar-refractivity contribution in [1.82, 2.24) is 16.0 Å². The van der Waals surface area contributed by atoms with E-state index in [0.717, 1.165) is 5.56 Å². The number of ether oxygens (including phenoxy) is 4. The molecule has 0 radical (unpaired) electrons. The van der Waals surface area contributed by atoms with Gasteiger partial charge in [-0.2, -0.15) is 5.26 Å². The fourth-order valence-electron chi connectivity index (χ4n) is 4.77. The highest BCUT2D eigenvalue weighted by atomic mass is 16.7.